The van der Waals surface area contributed by atoms with Gasteiger partial charge in [0, 0.05) is 50.0 Å². The molecule has 2 aliphatic heterocycles. The van der Waals surface area contributed by atoms with Gasteiger partial charge in [0.1, 0.15) is 40.5 Å². The Morgan fingerprint density at radius 2 is 1.33 bits per heavy atom. The largest absolute Gasteiger partial charge is 0.493 e. The first-order valence-corrected chi connectivity index (χ1v) is 25.2. The number of benzene rings is 2. The molecule has 0 unspecified atom stereocenters. The number of rotatable bonds is 12. The van der Waals surface area contributed by atoms with Crippen LogP contribution in [0.5, 0.6) is 5.75 Å². The van der Waals surface area contributed by atoms with Crippen molar-refractivity contribution in [1.29, 1.82) is 0 Å². The van der Waals surface area contributed by atoms with Crippen LogP contribution in [0.1, 0.15) is 97.5 Å². The molecule has 22 heteroatoms. The van der Waals surface area contributed by atoms with E-state index in [1.165, 1.54) is 54.6 Å². The summed E-state index contributed by atoms with van der Waals surface area (Å²) in [5, 5.41) is -0.846. The summed E-state index contributed by atoms with van der Waals surface area (Å²) >= 11 is 5.87. The molecule has 69 heavy (non-hydrogen) atoms. The summed E-state index contributed by atoms with van der Waals surface area (Å²) in [5.74, 6) is -3.48. The number of aromatic nitrogens is 3. The minimum absolute atomic E-state index is 0. The third kappa shape index (κ3) is 12.2. The van der Waals surface area contributed by atoms with Crippen molar-refractivity contribution < 1.29 is 52.9 Å². The van der Waals surface area contributed by atoms with Gasteiger partial charge in [-0.3, -0.25) is 9.59 Å². The highest BCUT2D eigenvalue weighted by atomic mass is 35.5. The van der Waals surface area contributed by atoms with E-state index in [4.69, 9.17) is 27.8 Å². The van der Waals surface area contributed by atoms with E-state index in [9.17, 15) is 35.2 Å². The number of sulfonamides is 2. The maximum absolute atomic E-state index is 15.6. The monoisotopic (exact) mass is 1030 g/mol. The van der Waals surface area contributed by atoms with E-state index in [1.807, 2.05) is 67.7 Å². The van der Waals surface area contributed by atoms with E-state index in [1.54, 1.807) is 0 Å². The van der Waals surface area contributed by atoms with Crippen molar-refractivity contribution >= 4 is 66.6 Å². The van der Waals surface area contributed by atoms with Gasteiger partial charge in [0.15, 0.2) is 16.0 Å². The third-order valence-corrected chi connectivity index (χ3v) is 14.2. The smallest absolute Gasteiger partial charge is 0.281 e. The highest BCUT2D eigenvalue weighted by Gasteiger charge is 2.41. The summed E-state index contributed by atoms with van der Waals surface area (Å²) in [5.41, 5.74) is 10.0. The Morgan fingerprint density at radius 1 is 0.783 bits per heavy atom. The number of carbonyl (C=O) groups excluding carboxylic acids is 2. The van der Waals surface area contributed by atoms with Crippen molar-refractivity contribution in [2.45, 2.75) is 89.2 Å². The maximum atomic E-state index is 15.6. The highest BCUT2D eigenvalue weighted by molar-refractivity contribution is 7.90. The standard InChI is InChI=1S/C28H33F2N5O4S.C19H22ClFN4O3S.6H2/c1-16(2)15-39-20-10-18(9-19(29)11-20)25-22(30)12-21(26(33-25)35-14-17(3)13-28(35,4)5)27(36)34-40(37,38)24-8-6-7-23(31)32-24;1-11-9-19(2,3)25(10-11)17-14(8-15(21)16(20)23-17)18(26)24-29(27,28)13-6-4-5-12(22)7-13;;;;;;/h6-12,16-17H,13-15H2,1-5H3,(H2,31,32)(H,34,36);4-8,11H,9-10,22H2,1-3H3,(H,24,26);6*1H/t17-;11-;;;;;;/m00....../s1. The Kier molecular flexibility index (Phi) is 15.2. The number of halogens is 4. The van der Waals surface area contributed by atoms with Crippen molar-refractivity contribution in [3.8, 4) is 17.0 Å². The molecule has 16 nitrogen and oxygen atoms in total. The van der Waals surface area contributed by atoms with E-state index < -0.39 is 59.9 Å². The molecule has 3 aromatic heterocycles. The minimum Gasteiger partial charge on any atom is -0.493 e. The van der Waals surface area contributed by atoms with Crippen LogP contribution in [0.25, 0.3) is 11.3 Å². The number of amides is 2. The number of carbonyl (C=O) groups is 2. The van der Waals surface area contributed by atoms with Gasteiger partial charge < -0.3 is 26.0 Å². The number of hydrogen-bond acceptors (Lipinski definition) is 14. The van der Waals surface area contributed by atoms with Gasteiger partial charge in [-0.25, -0.2) is 46.0 Å². The Hall–Kier alpha value is -6.19. The van der Waals surface area contributed by atoms with Crippen molar-refractivity contribution in [2.75, 3.05) is 41.0 Å². The third-order valence-electron chi connectivity index (χ3n) is 11.4. The average Bonchev–Trinajstić information content (AvgIpc) is 3.69. The molecular weight excluding hydrogens is 959 g/mol. The second kappa shape index (κ2) is 20.0. The van der Waals surface area contributed by atoms with Crippen LogP contribution in [0.4, 0.5) is 36.3 Å². The lowest BCUT2D eigenvalue weighted by molar-refractivity contribution is 0.0972. The van der Waals surface area contributed by atoms with Crippen molar-refractivity contribution in [3.63, 3.8) is 0 Å². The van der Waals surface area contributed by atoms with Gasteiger partial charge in [-0.2, -0.15) is 8.42 Å². The second-order valence-electron chi connectivity index (χ2n) is 19.0. The fraction of sp³-hybridized carbons (Fsp3) is 0.383. The molecular formula is C47H67ClF3N9O7S2. The predicted molar refractivity (Wildman–Crippen MR) is 271 cm³/mol. The van der Waals surface area contributed by atoms with Gasteiger partial charge >= 0.3 is 0 Å². The lowest BCUT2D eigenvalue weighted by atomic mass is 9.97. The number of ether oxygens (including phenoxy) is 1. The molecule has 5 heterocycles. The first-order chi connectivity index (χ1) is 32.1. The molecule has 382 valence electrons. The number of nitrogens with one attached hydrogen (secondary N) is 2. The molecule has 2 atom stereocenters. The van der Waals surface area contributed by atoms with Crippen molar-refractivity contribution in [3.05, 3.63) is 107 Å². The van der Waals surface area contributed by atoms with E-state index in [0.29, 0.717) is 25.6 Å². The lowest BCUT2D eigenvalue weighted by Gasteiger charge is -2.34. The fourth-order valence-electron chi connectivity index (χ4n) is 8.58. The number of anilines is 4. The maximum Gasteiger partial charge on any atom is 0.281 e. The van der Waals surface area contributed by atoms with E-state index in [-0.39, 0.29) is 87.3 Å². The fourth-order valence-corrected chi connectivity index (χ4v) is 10.7. The van der Waals surface area contributed by atoms with Crippen LogP contribution in [0.2, 0.25) is 5.15 Å². The molecule has 7 rings (SSSR count). The first-order valence-electron chi connectivity index (χ1n) is 21.8. The highest BCUT2D eigenvalue weighted by Crippen LogP contribution is 2.41. The average molecular weight is 1030 g/mol. The zero-order valence-corrected chi connectivity index (χ0v) is 41.7. The van der Waals surface area contributed by atoms with Gasteiger partial charge in [0.2, 0.25) is 0 Å². The van der Waals surface area contributed by atoms with E-state index in [0.717, 1.165) is 31.0 Å². The van der Waals surface area contributed by atoms with Crippen LogP contribution in [0.15, 0.2) is 82.7 Å². The molecule has 0 spiro atoms. The number of nitrogens with zero attached hydrogens (tertiary/aromatic N) is 5. The number of nitrogens with two attached hydrogens (primary N) is 2. The van der Waals surface area contributed by atoms with Crippen LogP contribution in [-0.4, -0.2) is 74.4 Å². The lowest BCUT2D eigenvalue weighted by Crippen LogP contribution is -2.41. The summed E-state index contributed by atoms with van der Waals surface area (Å²) in [6, 6.07) is 15.1. The molecule has 5 aromatic rings. The van der Waals surface area contributed by atoms with Gasteiger partial charge in [-0.05, 0) is 113 Å². The number of nitrogen functional groups attached to an aromatic ring is 2. The molecule has 2 fully saturated rings. The summed E-state index contributed by atoms with van der Waals surface area (Å²) in [4.78, 5) is 42.1. The van der Waals surface area contributed by atoms with Gasteiger partial charge in [0.05, 0.1) is 22.6 Å². The van der Waals surface area contributed by atoms with E-state index in [2.05, 4.69) is 21.9 Å². The van der Waals surface area contributed by atoms with Crippen LogP contribution < -0.4 is 35.4 Å². The molecule has 2 aliphatic rings. The summed E-state index contributed by atoms with van der Waals surface area (Å²) in [6.07, 6.45) is 1.58. The van der Waals surface area contributed by atoms with Crippen molar-refractivity contribution in [2.24, 2.45) is 17.8 Å². The molecule has 0 radical (unpaired) electrons. The van der Waals surface area contributed by atoms with Crippen LogP contribution >= 0.6 is 11.6 Å². The Balaban J connectivity index is 0.00000141. The summed E-state index contributed by atoms with van der Waals surface area (Å²) < 4.78 is 105. The van der Waals surface area contributed by atoms with Crippen LogP contribution in [0, 0.1) is 35.2 Å². The summed E-state index contributed by atoms with van der Waals surface area (Å²) in [7, 11) is -8.65. The molecule has 2 amide bonds. The first kappa shape index (κ1) is 52.2. The van der Waals surface area contributed by atoms with Crippen molar-refractivity contribution in [1.82, 2.24) is 24.4 Å². The zero-order valence-electron chi connectivity index (χ0n) is 39.3. The van der Waals surface area contributed by atoms with Crippen LogP contribution in [0.3, 0.4) is 0 Å². The Labute approximate surface area is 414 Å². The molecule has 2 aromatic carbocycles. The molecule has 6 N–H and O–H groups in total. The Bertz CT molecular complexity index is 3050. The second-order valence-corrected chi connectivity index (χ2v) is 22.7. The predicted octanol–water partition coefficient (Wildman–Crippen LogP) is 9.46. The van der Waals surface area contributed by atoms with Gasteiger partial charge in [-0.15, -0.1) is 0 Å². The van der Waals surface area contributed by atoms with Gasteiger partial charge in [-0.1, -0.05) is 51.4 Å². The summed E-state index contributed by atoms with van der Waals surface area (Å²) in [6.45, 7) is 17.2. The normalized spacial score (nSPS) is 17.6. The van der Waals surface area contributed by atoms with Crippen LogP contribution in [-0.2, 0) is 20.0 Å². The molecule has 2 saturated heterocycles. The molecule has 0 bridgehead atoms. The number of pyridine rings is 3. The quantitative estimate of drug-likeness (QED) is 0.0674. The topological polar surface area (TPSA) is 233 Å². The van der Waals surface area contributed by atoms with Gasteiger partial charge in [0.25, 0.3) is 31.9 Å². The van der Waals surface area contributed by atoms with E-state index >= 15 is 4.39 Å². The SMILES string of the molecule is CC(C)COc1cc(F)cc(-c2nc(N3C[C@@H](C)CC3(C)C)c(C(=O)NS(=O)(=O)c3cccc(N)n3)cc2F)c1.C[C@@H]1CN(c2nc(Cl)c(F)cc2C(=O)NS(=O)(=O)c2cccc(N)c2)C(C)(C)C1.[HH].[HH].[HH].[HH].[HH].[HH]. The number of hydrogen-bond donors (Lipinski definition) is 4. The minimum atomic E-state index is -4.44. The molecule has 0 aliphatic carbocycles. The Morgan fingerprint density at radius 3 is 1.87 bits per heavy atom. The molecule has 0 saturated carbocycles. The zero-order chi connectivity index (χ0) is 51.0.